The SMILES string of the molecule is Cc1cc(CC(=O)Oc2ccc3c4c2O[C@H]2C(=O)CC[C@@]5(O)[C@@H](C3)C(CC3CC3)CC[C@]425)c2c(CC(=O)Oc3ccc4c5c3O[C@H]3C(=O)CC[C@@]6(O)[C@@H](C4)C(NCC4CC4)CC[C@]536)cc(C)cc2c1. The summed E-state index contributed by atoms with van der Waals surface area (Å²) in [5, 5.41) is 31.1. The Morgan fingerprint density at radius 3 is 1.74 bits per heavy atom. The molecule has 358 valence electrons. The molecular weight excluding hydrogens is 871 g/mol. The molecule has 3 N–H and O–H groups in total. The van der Waals surface area contributed by atoms with Crippen LogP contribution in [0.4, 0.5) is 0 Å². The van der Waals surface area contributed by atoms with E-state index in [1.54, 1.807) is 12.1 Å². The molecule has 11 heteroatoms. The molecule has 4 aromatic carbocycles. The maximum absolute atomic E-state index is 14.3. The Balaban J connectivity index is 0.749. The highest BCUT2D eigenvalue weighted by molar-refractivity contribution is 5.96. The van der Waals surface area contributed by atoms with Crippen molar-refractivity contribution >= 4 is 34.3 Å². The van der Waals surface area contributed by atoms with Crippen LogP contribution in [0, 0.1) is 43.4 Å². The molecule has 4 aromatic rings. The number of esters is 2. The van der Waals surface area contributed by atoms with E-state index in [9.17, 15) is 29.4 Å². The van der Waals surface area contributed by atoms with E-state index in [1.165, 1.54) is 25.7 Å². The van der Waals surface area contributed by atoms with Gasteiger partial charge in [0.15, 0.2) is 46.8 Å². The fraction of sp³-hybridized carbons (Fsp3) is 0.552. The Morgan fingerprint density at radius 1 is 0.667 bits per heavy atom. The van der Waals surface area contributed by atoms with Gasteiger partial charge in [-0.3, -0.25) is 19.2 Å². The molecule has 0 aromatic heterocycles. The molecule has 0 saturated heterocycles. The number of ketones is 2. The molecule has 2 spiro atoms. The number of hydrogen-bond acceptors (Lipinski definition) is 11. The van der Waals surface area contributed by atoms with Crippen molar-refractivity contribution in [1.29, 1.82) is 0 Å². The first-order chi connectivity index (χ1) is 33.3. The first-order valence-electron chi connectivity index (χ1n) is 26.1. The largest absolute Gasteiger partial charge is 0.477 e. The summed E-state index contributed by atoms with van der Waals surface area (Å²) in [5.74, 6) is 2.19. The first-order valence-corrected chi connectivity index (χ1v) is 26.1. The Kier molecular flexibility index (Phi) is 9.13. The number of carbonyl (C=O) groups excluding carboxylic acids is 4. The Morgan fingerprint density at radius 2 is 1.19 bits per heavy atom. The quantitative estimate of drug-likeness (QED) is 0.100. The highest BCUT2D eigenvalue weighted by Gasteiger charge is 2.75. The third-order valence-corrected chi connectivity index (χ3v) is 19.5. The molecule has 11 nitrogen and oxygen atoms in total. The summed E-state index contributed by atoms with van der Waals surface area (Å²) < 4.78 is 25.7. The van der Waals surface area contributed by atoms with E-state index in [1.807, 2.05) is 38.1 Å². The van der Waals surface area contributed by atoms with Crippen LogP contribution >= 0.6 is 0 Å². The lowest BCUT2D eigenvalue weighted by molar-refractivity contribution is -0.189. The molecule has 10 atom stereocenters. The molecule has 2 heterocycles. The molecule has 10 aliphatic rings. The molecule has 69 heavy (non-hydrogen) atoms. The van der Waals surface area contributed by atoms with E-state index >= 15 is 0 Å². The highest BCUT2D eigenvalue weighted by atomic mass is 16.6. The Bertz CT molecular complexity index is 2970. The summed E-state index contributed by atoms with van der Waals surface area (Å²) >= 11 is 0. The van der Waals surface area contributed by atoms with Crippen LogP contribution < -0.4 is 24.3 Å². The second kappa shape index (κ2) is 14.7. The van der Waals surface area contributed by atoms with Crippen molar-refractivity contribution in [2.45, 2.75) is 163 Å². The molecule has 4 bridgehead atoms. The number of nitrogens with one attached hydrogen (secondary N) is 1. The minimum atomic E-state index is -1.12. The van der Waals surface area contributed by atoms with Crippen LogP contribution in [-0.2, 0) is 55.7 Å². The van der Waals surface area contributed by atoms with Crippen molar-refractivity contribution in [3.8, 4) is 23.0 Å². The van der Waals surface area contributed by atoms with Gasteiger partial charge in [-0.25, -0.2) is 0 Å². The lowest BCUT2D eigenvalue weighted by Crippen LogP contribution is -2.73. The molecular formula is C58H61NO10. The van der Waals surface area contributed by atoms with Crippen LogP contribution in [0.15, 0.2) is 48.5 Å². The molecule has 2 unspecified atom stereocenters. The van der Waals surface area contributed by atoms with Gasteiger partial charge in [-0.2, -0.15) is 0 Å². The van der Waals surface area contributed by atoms with E-state index in [0.29, 0.717) is 66.6 Å². The smallest absolute Gasteiger partial charge is 0.315 e. The average molecular weight is 932 g/mol. The van der Waals surface area contributed by atoms with Crippen LogP contribution in [0.1, 0.15) is 128 Å². The summed E-state index contributed by atoms with van der Waals surface area (Å²) in [5.41, 5.74) is 3.25. The standard InChI is InChI=1S/C58H61NO10/c1-29-19-36-20-30(2)22-38(27-47(63)67-45-10-8-35-25-40-41(59-28-32-5-6-32)12-16-56-50(35)52(45)69-54(56)43(61)14-18-58(40,56)65)48(36)37(21-29)26-46(62)66-44-9-7-34-24-39-33(23-31-3-4-31)11-15-55-49(34)51(44)68-53(55)42(60)13-17-57(39,55)64/h7-10,19-22,31-33,39-41,53-54,59,64-65H,3-6,11-18,23-28H2,1-2H3/t33?,39-,40-,41?,53-,54-,55-,56-,57+,58+/m0/s1. The van der Waals surface area contributed by atoms with E-state index in [0.717, 1.165) is 82.3 Å². The van der Waals surface area contributed by atoms with Crippen molar-refractivity contribution in [3.63, 3.8) is 0 Å². The second-order valence-electron chi connectivity index (χ2n) is 23.4. The lowest BCUT2D eigenvalue weighted by Gasteiger charge is -2.61. The third-order valence-electron chi connectivity index (χ3n) is 19.5. The van der Waals surface area contributed by atoms with E-state index in [4.69, 9.17) is 18.9 Å². The zero-order valence-corrected chi connectivity index (χ0v) is 39.6. The summed E-state index contributed by atoms with van der Waals surface area (Å²) in [6.07, 6.45) is 10.2. The van der Waals surface area contributed by atoms with Gasteiger partial charge in [-0.15, -0.1) is 0 Å². The third kappa shape index (κ3) is 5.96. The van der Waals surface area contributed by atoms with Crippen molar-refractivity contribution < 1.29 is 48.3 Å². The predicted octanol–water partition coefficient (Wildman–Crippen LogP) is 7.66. The van der Waals surface area contributed by atoms with E-state index in [2.05, 4.69) is 17.4 Å². The van der Waals surface area contributed by atoms with Crippen LogP contribution in [0.2, 0.25) is 0 Å². The fourth-order valence-corrected chi connectivity index (χ4v) is 16.4. The van der Waals surface area contributed by atoms with Gasteiger partial charge in [0.2, 0.25) is 0 Å². The topological polar surface area (TPSA) is 158 Å². The normalized spacial score (nSPS) is 35.0. The van der Waals surface area contributed by atoms with Crippen LogP contribution in [0.3, 0.4) is 0 Å². The molecule has 0 radical (unpaired) electrons. The molecule has 6 fully saturated rings. The van der Waals surface area contributed by atoms with Gasteiger partial charge in [-0.05, 0) is 160 Å². The van der Waals surface area contributed by atoms with Gasteiger partial charge in [0.05, 0.1) is 34.9 Å². The number of rotatable bonds is 11. The van der Waals surface area contributed by atoms with Crippen molar-refractivity contribution in [3.05, 3.63) is 93.0 Å². The minimum Gasteiger partial charge on any atom is -0.477 e. The maximum atomic E-state index is 14.3. The van der Waals surface area contributed by atoms with Crippen molar-refractivity contribution in [2.24, 2.45) is 29.6 Å². The molecule has 2 aliphatic heterocycles. The lowest BCUT2D eigenvalue weighted by atomic mass is 9.43. The Labute approximate surface area is 402 Å². The molecule has 0 amide bonds. The predicted molar refractivity (Wildman–Crippen MR) is 254 cm³/mol. The minimum absolute atomic E-state index is 0.00328. The number of Topliss-reactive ketones (excluding diaryl/α,β-unsaturated/α-hetero) is 2. The monoisotopic (exact) mass is 931 g/mol. The summed E-state index contributed by atoms with van der Waals surface area (Å²) in [7, 11) is 0. The fourth-order valence-electron chi connectivity index (χ4n) is 16.4. The number of carbonyl (C=O) groups is 4. The summed E-state index contributed by atoms with van der Waals surface area (Å²) in [6, 6.07) is 15.8. The molecule has 8 aliphatic carbocycles. The van der Waals surface area contributed by atoms with Gasteiger partial charge in [0, 0.05) is 35.9 Å². The zero-order chi connectivity index (χ0) is 46.9. The Hall–Kier alpha value is -5.10. The van der Waals surface area contributed by atoms with Crippen molar-refractivity contribution in [1.82, 2.24) is 5.32 Å². The van der Waals surface area contributed by atoms with Crippen LogP contribution in [-0.4, -0.2) is 69.7 Å². The van der Waals surface area contributed by atoms with Gasteiger partial charge < -0.3 is 34.5 Å². The highest BCUT2D eigenvalue weighted by Crippen LogP contribution is 2.70. The number of benzene rings is 4. The number of aliphatic hydroxyl groups is 2. The summed E-state index contributed by atoms with van der Waals surface area (Å²) in [6.45, 7) is 4.92. The average Bonchev–Trinajstić information content (AvgIpc) is 4.24. The van der Waals surface area contributed by atoms with Gasteiger partial charge >= 0.3 is 11.9 Å². The number of ether oxygens (including phenoxy) is 4. The first kappa shape index (κ1) is 42.8. The maximum Gasteiger partial charge on any atom is 0.315 e. The van der Waals surface area contributed by atoms with Gasteiger partial charge in [0.25, 0.3) is 0 Å². The number of aryl methyl sites for hydroxylation is 2. The number of hydrogen-bond donors (Lipinski definition) is 3. The van der Waals surface area contributed by atoms with Gasteiger partial charge in [-0.1, -0.05) is 60.4 Å². The van der Waals surface area contributed by atoms with Crippen LogP contribution in [0.25, 0.3) is 10.8 Å². The van der Waals surface area contributed by atoms with E-state index < -0.39 is 46.2 Å². The second-order valence-corrected chi connectivity index (χ2v) is 23.4. The summed E-state index contributed by atoms with van der Waals surface area (Å²) in [4.78, 5) is 56.0. The number of fused-ring (bicyclic) bond motifs is 1. The van der Waals surface area contributed by atoms with Crippen molar-refractivity contribution in [2.75, 3.05) is 6.54 Å². The molecule has 6 saturated carbocycles. The van der Waals surface area contributed by atoms with Gasteiger partial charge in [0.1, 0.15) is 0 Å². The zero-order valence-electron chi connectivity index (χ0n) is 39.6. The molecule has 14 rings (SSSR count). The van der Waals surface area contributed by atoms with Crippen LogP contribution in [0.5, 0.6) is 23.0 Å². The van der Waals surface area contributed by atoms with E-state index in [-0.39, 0.29) is 66.6 Å².